The van der Waals surface area contributed by atoms with Crippen LogP contribution in [0.2, 0.25) is 5.02 Å². The van der Waals surface area contributed by atoms with Gasteiger partial charge in [0.05, 0.1) is 0 Å². The van der Waals surface area contributed by atoms with Crippen molar-refractivity contribution in [2.24, 2.45) is 0 Å². The Kier molecular flexibility index (Phi) is 5.36. The Hall–Kier alpha value is -3.29. The molecule has 1 atom stereocenters. The van der Waals surface area contributed by atoms with Gasteiger partial charge in [0, 0.05) is 27.6 Å². The van der Waals surface area contributed by atoms with Gasteiger partial charge in [-0.2, -0.15) is 4.98 Å². The van der Waals surface area contributed by atoms with Crippen molar-refractivity contribution >= 4 is 29.1 Å². The second kappa shape index (κ2) is 8.45. The number of para-hydroxylation sites is 1. The topological polar surface area (TPSA) is 73.1 Å². The third-order valence-electron chi connectivity index (χ3n) is 4.68. The van der Waals surface area contributed by atoms with Crippen molar-refractivity contribution in [1.82, 2.24) is 15.2 Å². The third-order valence-corrected chi connectivity index (χ3v) is 5.76. The number of thioether (sulfide) groups is 1. The monoisotopic (exact) mass is 448 g/mol. The van der Waals surface area contributed by atoms with E-state index in [1.54, 1.807) is 6.08 Å². The maximum atomic E-state index is 6.24. The predicted octanol–water partition coefficient (Wildman–Crippen LogP) is 6.23. The molecule has 0 aliphatic carbocycles. The van der Waals surface area contributed by atoms with Gasteiger partial charge < -0.3 is 14.5 Å². The Labute approximate surface area is 188 Å². The first kappa shape index (κ1) is 19.7. The van der Waals surface area contributed by atoms with Crippen LogP contribution in [0.3, 0.4) is 0 Å². The summed E-state index contributed by atoms with van der Waals surface area (Å²) in [6.45, 7) is 3.73. The van der Waals surface area contributed by atoms with Gasteiger partial charge in [-0.25, -0.2) is 0 Å². The Morgan fingerprint density at radius 2 is 1.90 bits per heavy atom. The van der Waals surface area contributed by atoms with E-state index < -0.39 is 6.23 Å². The molecule has 8 heteroatoms. The maximum Gasteiger partial charge on any atom is 0.247 e. The SMILES string of the molecule is C=CCSc1nnc2c(n1)OC(c1ccc(-c3ccc(Cl)cc3)o1)Nc1ccccc1-2. The molecule has 0 radical (unpaired) electrons. The molecule has 1 N–H and O–H groups in total. The Morgan fingerprint density at radius 1 is 1.06 bits per heavy atom. The third kappa shape index (κ3) is 4.02. The minimum Gasteiger partial charge on any atom is -0.455 e. The van der Waals surface area contributed by atoms with Crippen molar-refractivity contribution in [3.8, 4) is 28.5 Å². The van der Waals surface area contributed by atoms with Gasteiger partial charge in [-0.05, 0) is 42.5 Å². The van der Waals surface area contributed by atoms with Crippen LogP contribution in [0, 0.1) is 0 Å². The van der Waals surface area contributed by atoms with Crippen LogP contribution in [0.25, 0.3) is 22.6 Å². The number of rotatable bonds is 5. The van der Waals surface area contributed by atoms with Gasteiger partial charge in [-0.15, -0.1) is 16.8 Å². The summed E-state index contributed by atoms with van der Waals surface area (Å²) in [7, 11) is 0. The predicted molar refractivity (Wildman–Crippen MR) is 122 cm³/mol. The molecule has 6 nitrogen and oxygen atoms in total. The number of benzene rings is 2. The van der Waals surface area contributed by atoms with Crippen LogP contribution >= 0.6 is 23.4 Å². The molecular formula is C23H17ClN4O2S. The van der Waals surface area contributed by atoms with E-state index in [0.29, 0.717) is 33.3 Å². The highest BCUT2D eigenvalue weighted by molar-refractivity contribution is 7.99. The summed E-state index contributed by atoms with van der Waals surface area (Å²) in [4.78, 5) is 4.58. The molecule has 3 heterocycles. The van der Waals surface area contributed by atoms with Crippen molar-refractivity contribution in [3.05, 3.63) is 84.1 Å². The van der Waals surface area contributed by atoms with Crippen LogP contribution in [-0.4, -0.2) is 20.9 Å². The lowest BCUT2D eigenvalue weighted by Gasteiger charge is -2.16. The number of hydrogen-bond donors (Lipinski definition) is 1. The lowest BCUT2D eigenvalue weighted by Crippen LogP contribution is -2.16. The number of furan rings is 1. The number of hydrogen-bond acceptors (Lipinski definition) is 7. The van der Waals surface area contributed by atoms with Crippen molar-refractivity contribution in [3.63, 3.8) is 0 Å². The minimum absolute atomic E-state index is 0.397. The normalized spacial score (nSPS) is 14.5. The molecule has 1 unspecified atom stereocenters. The zero-order chi connectivity index (χ0) is 21.2. The second-order valence-corrected chi connectivity index (χ2v) is 8.17. The molecule has 0 bridgehead atoms. The number of anilines is 1. The lowest BCUT2D eigenvalue weighted by atomic mass is 10.1. The minimum atomic E-state index is -0.586. The first-order chi connectivity index (χ1) is 15.2. The lowest BCUT2D eigenvalue weighted by molar-refractivity contribution is 0.196. The molecule has 0 amide bonds. The van der Waals surface area contributed by atoms with E-state index in [9.17, 15) is 0 Å². The van der Waals surface area contributed by atoms with E-state index in [-0.39, 0.29) is 0 Å². The van der Waals surface area contributed by atoms with Crippen LogP contribution in [0.1, 0.15) is 12.0 Å². The largest absolute Gasteiger partial charge is 0.455 e. The average molecular weight is 449 g/mol. The van der Waals surface area contributed by atoms with Crippen molar-refractivity contribution < 1.29 is 9.15 Å². The van der Waals surface area contributed by atoms with E-state index in [1.807, 2.05) is 60.7 Å². The highest BCUT2D eigenvalue weighted by Gasteiger charge is 2.28. The zero-order valence-corrected chi connectivity index (χ0v) is 17.9. The standard InChI is InChI=1S/C23H17ClN4O2S/c1-2-13-31-23-26-22-20(27-28-23)16-5-3-4-6-17(16)25-21(30-22)19-12-11-18(29-19)14-7-9-15(24)10-8-14/h2-12,21,25H,1,13H2. The highest BCUT2D eigenvalue weighted by atomic mass is 35.5. The summed E-state index contributed by atoms with van der Waals surface area (Å²) < 4.78 is 12.4. The fraction of sp³-hybridized carbons (Fsp3) is 0.0870. The molecular weight excluding hydrogens is 432 g/mol. The molecule has 2 aromatic carbocycles. The Balaban J connectivity index is 1.53. The summed E-state index contributed by atoms with van der Waals surface area (Å²) in [6, 6.07) is 19.1. The molecule has 154 valence electrons. The van der Waals surface area contributed by atoms with E-state index in [0.717, 1.165) is 22.6 Å². The summed E-state index contributed by atoms with van der Waals surface area (Å²) in [5.41, 5.74) is 3.23. The van der Waals surface area contributed by atoms with Gasteiger partial charge in [0.15, 0.2) is 11.5 Å². The van der Waals surface area contributed by atoms with E-state index >= 15 is 0 Å². The van der Waals surface area contributed by atoms with Crippen LogP contribution in [0.15, 0.2) is 82.9 Å². The average Bonchev–Trinajstić information content (AvgIpc) is 3.22. The summed E-state index contributed by atoms with van der Waals surface area (Å²) in [6.07, 6.45) is 1.21. The van der Waals surface area contributed by atoms with Crippen molar-refractivity contribution in [1.29, 1.82) is 0 Å². The summed E-state index contributed by atoms with van der Waals surface area (Å²) in [5.74, 6) is 2.42. The van der Waals surface area contributed by atoms with Gasteiger partial charge in [-0.1, -0.05) is 47.6 Å². The fourth-order valence-electron chi connectivity index (χ4n) is 3.23. The zero-order valence-electron chi connectivity index (χ0n) is 16.3. The first-order valence-corrected chi connectivity index (χ1v) is 10.9. The number of ether oxygens (including phenoxy) is 1. The Bertz CT molecular complexity index is 1240. The van der Waals surface area contributed by atoms with Crippen LogP contribution in [-0.2, 0) is 0 Å². The molecule has 0 fully saturated rings. The quantitative estimate of drug-likeness (QED) is 0.286. The van der Waals surface area contributed by atoms with Crippen LogP contribution in [0.5, 0.6) is 5.88 Å². The summed E-state index contributed by atoms with van der Waals surface area (Å²) in [5, 5.41) is 13.2. The van der Waals surface area contributed by atoms with Crippen molar-refractivity contribution in [2.45, 2.75) is 11.4 Å². The number of nitrogens with zero attached hydrogens (tertiary/aromatic N) is 3. The van der Waals surface area contributed by atoms with E-state index in [2.05, 4.69) is 27.1 Å². The summed E-state index contributed by atoms with van der Waals surface area (Å²) >= 11 is 7.44. The smallest absolute Gasteiger partial charge is 0.247 e. The van der Waals surface area contributed by atoms with E-state index in [4.69, 9.17) is 20.8 Å². The van der Waals surface area contributed by atoms with Crippen LogP contribution in [0.4, 0.5) is 5.69 Å². The van der Waals surface area contributed by atoms with Gasteiger partial charge in [-0.3, -0.25) is 0 Å². The number of halogens is 1. The Morgan fingerprint density at radius 3 is 2.74 bits per heavy atom. The number of nitrogens with one attached hydrogen (secondary N) is 1. The molecule has 4 aromatic rings. The molecule has 1 aliphatic heterocycles. The van der Waals surface area contributed by atoms with Crippen molar-refractivity contribution in [2.75, 3.05) is 11.1 Å². The van der Waals surface area contributed by atoms with E-state index in [1.165, 1.54) is 11.8 Å². The second-order valence-electron chi connectivity index (χ2n) is 6.74. The van der Waals surface area contributed by atoms with Crippen LogP contribution < -0.4 is 10.1 Å². The molecule has 5 rings (SSSR count). The highest BCUT2D eigenvalue weighted by Crippen LogP contribution is 2.40. The van der Waals surface area contributed by atoms with Gasteiger partial charge >= 0.3 is 0 Å². The van der Waals surface area contributed by atoms with Gasteiger partial charge in [0.1, 0.15) is 5.76 Å². The molecule has 0 saturated heterocycles. The molecule has 1 aliphatic rings. The number of aromatic nitrogens is 3. The van der Waals surface area contributed by atoms with Gasteiger partial charge in [0.2, 0.25) is 17.3 Å². The molecule has 0 spiro atoms. The molecule has 31 heavy (non-hydrogen) atoms. The van der Waals surface area contributed by atoms with Gasteiger partial charge in [0.25, 0.3) is 0 Å². The number of fused-ring (bicyclic) bond motifs is 3. The first-order valence-electron chi connectivity index (χ1n) is 9.58. The maximum absolute atomic E-state index is 6.24. The molecule has 0 saturated carbocycles. The fourth-order valence-corrected chi connectivity index (χ4v) is 3.87. The molecule has 2 aromatic heterocycles.